The first kappa shape index (κ1) is 22.8. The summed E-state index contributed by atoms with van der Waals surface area (Å²) in [5.41, 5.74) is 14.4. The number of aliphatic imine (C=N–C) groups is 1. The lowest BCUT2D eigenvalue weighted by atomic mass is 9.84. The molecule has 4 aliphatic rings. The van der Waals surface area contributed by atoms with Crippen molar-refractivity contribution < 1.29 is 14.4 Å². The standard InChI is InChI=1S/C25H29N7O3/c1-13-15(24(34)29-19-8-9-22(33)30-25(19)35)10-20(13)31-32-23(14-6-7-14)16(11-26)21-12-27-17-4-2-3-5-18(17)28-21/h2-5,11-12,14,19-21,28,31H,6-10,26H2,1H3,(H,29,34)(H,30,33,35)/t19?,20-,21?/m0/s1. The van der Waals surface area contributed by atoms with Crippen molar-refractivity contribution in [1.82, 2.24) is 16.1 Å². The van der Waals surface area contributed by atoms with Gasteiger partial charge in [-0.1, -0.05) is 12.1 Å². The summed E-state index contributed by atoms with van der Waals surface area (Å²) in [6, 6.07) is 6.93. The van der Waals surface area contributed by atoms with Crippen LogP contribution in [-0.4, -0.2) is 47.8 Å². The third kappa shape index (κ3) is 4.68. The van der Waals surface area contributed by atoms with E-state index in [2.05, 4.69) is 26.4 Å². The normalized spacial score (nSPS) is 26.4. The van der Waals surface area contributed by atoms with E-state index in [-0.39, 0.29) is 30.3 Å². The molecule has 10 nitrogen and oxygen atoms in total. The Labute approximate surface area is 203 Å². The van der Waals surface area contributed by atoms with Gasteiger partial charge in [-0.25, -0.2) is 0 Å². The number of hydrogen-bond donors (Lipinski definition) is 5. The van der Waals surface area contributed by atoms with Crippen LogP contribution in [0.2, 0.25) is 0 Å². The summed E-state index contributed by atoms with van der Waals surface area (Å²) in [7, 11) is 0. The Bertz CT molecular complexity index is 1200. The summed E-state index contributed by atoms with van der Waals surface area (Å²) in [4.78, 5) is 40.5. The van der Waals surface area contributed by atoms with E-state index < -0.39 is 11.9 Å². The van der Waals surface area contributed by atoms with Crippen LogP contribution in [0.15, 0.2) is 57.3 Å². The number of nitrogens with zero attached hydrogens (tertiary/aromatic N) is 2. The number of carbonyl (C=O) groups excluding carboxylic acids is 3. The van der Waals surface area contributed by atoms with Crippen molar-refractivity contribution in [2.24, 2.45) is 21.7 Å². The molecule has 0 aromatic heterocycles. The number of anilines is 1. The van der Waals surface area contributed by atoms with Gasteiger partial charge in [0.2, 0.25) is 17.7 Å². The number of fused-ring (bicyclic) bond motifs is 1. The summed E-state index contributed by atoms with van der Waals surface area (Å²) >= 11 is 0. The van der Waals surface area contributed by atoms with Crippen LogP contribution in [0.25, 0.3) is 0 Å². The van der Waals surface area contributed by atoms with Crippen molar-refractivity contribution in [3.8, 4) is 0 Å². The largest absolute Gasteiger partial charge is 0.404 e. The molecule has 3 amide bonds. The highest BCUT2D eigenvalue weighted by atomic mass is 16.2. The fraction of sp³-hybridized carbons (Fsp3) is 0.400. The molecule has 0 bridgehead atoms. The van der Waals surface area contributed by atoms with Crippen molar-refractivity contribution in [2.45, 2.75) is 57.2 Å². The molecule has 2 heterocycles. The Morgan fingerprint density at radius 2 is 2.00 bits per heavy atom. The summed E-state index contributed by atoms with van der Waals surface area (Å²) in [6.45, 7) is 1.89. The number of piperidine rings is 1. The predicted molar refractivity (Wildman–Crippen MR) is 133 cm³/mol. The van der Waals surface area contributed by atoms with Crippen LogP contribution >= 0.6 is 0 Å². The highest BCUT2D eigenvalue weighted by Crippen LogP contribution is 2.36. The average Bonchev–Trinajstić information content (AvgIpc) is 3.69. The van der Waals surface area contributed by atoms with E-state index in [1.54, 1.807) is 6.20 Å². The number of nitrogens with one attached hydrogen (secondary N) is 4. The highest BCUT2D eigenvalue weighted by molar-refractivity contribution is 6.08. The van der Waals surface area contributed by atoms with E-state index in [1.807, 2.05) is 37.4 Å². The van der Waals surface area contributed by atoms with Crippen molar-refractivity contribution >= 4 is 41.0 Å². The lowest BCUT2D eigenvalue weighted by Crippen LogP contribution is -2.53. The van der Waals surface area contributed by atoms with Gasteiger partial charge in [0.1, 0.15) is 6.04 Å². The van der Waals surface area contributed by atoms with E-state index in [9.17, 15) is 14.4 Å². The third-order valence-electron chi connectivity index (χ3n) is 6.92. The molecule has 3 atom stereocenters. The SMILES string of the molecule is CC1=C(C(=O)NC2CCC(=O)NC2=O)C[C@@H]1NN=C(C(=CN)C1C=Nc2ccccc2N1)C1CC1. The molecule has 2 aliphatic carbocycles. The molecule has 1 aromatic rings. The van der Waals surface area contributed by atoms with Crippen LogP contribution < -0.4 is 27.1 Å². The van der Waals surface area contributed by atoms with Gasteiger partial charge in [0.15, 0.2) is 0 Å². The number of amides is 3. The van der Waals surface area contributed by atoms with Crippen molar-refractivity contribution in [3.05, 3.63) is 47.2 Å². The van der Waals surface area contributed by atoms with Gasteiger partial charge in [0, 0.05) is 42.3 Å². The molecule has 182 valence electrons. The number of rotatable bonds is 7. The van der Waals surface area contributed by atoms with Crippen molar-refractivity contribution in [1.29, 1.82) is 0 Å². The predicted octanol–water partition coefficient (Wildman–Crippen LogP) is 1.39. The van der Waals surface area contributed by atoms with Crippen LogP contribution in [0.3, 0.4) is 0 Å². The van der Waals surface area contributed by atoms with Gasteiger partial charge in [-0.3, -0.25) is 24.7 Å². The summed E-state index contributed by atoms with van der Waals surface area (Å²) < 4.78 is 0. The number of imide groups is 1. The van der Waals surface area contributed by atoms with E-state index in [0.29, 0.717) is 24.3 Å². The zero-order valence-electron chi connectivity index (χ0n) is 19.5. The molecule has 35 heavy (non-hydrogen) atoms. The lowest BCUT2D eigenvalue weighted by Gasteiger charge is -2.32. The maximum atomic E-state index is 12.6. The van der Waals surface area contributed by atoms with Crippen molar-refractivity contribution in [3.63, 3.8) is 0 Å². The topological polar surface area (TPSA) is 150 Å². The van der Waals surface area contributed by atoms with Crippen LogP contribution in [0.4, 0.5) is 11.4 Å². The quantitative estimate of drug-likeness (QED) is 0.228. The van der Waals surface area contributed by atoms with Crippen LogP contribution in [0.1, 0.15) is 39.0 Å². The molecular formula is C25H29N7O3. The van der Waals surface area contributed by atoms with Gasteiger partial charge in [0.25, 0.3) is 0 Å². The summed E-state index contributed by atoms with van der Waals surface area (Å²) in [5, 5.41) is 13.2. The first-order valence-electron chi connectivity index (χ1n) is 11.9. The Hall–Kier alpha value is -3.95. The molecule has 1 saturated heterocycles. The lowest BCUT2D eigenvalue weighted by molar-refractivity contribution is -0.136. The molecule has 6 N–H and O–H groups in total. The van der Waals surface area contributed by atoms with Crippen LogP contribution in [-0.2, 0) is 14.4 Å². The minimum atomic E-state index is -0.681. The van der Waals surface area contributed by atoms with Gasteiger partial charge in [-0.05, 0) is 43.9 Å². The van der Waals surface area contributed by atoms with E-state index >= 15 is 0 Å². The minimum absolute atomic E-state index is 0.0704. The number of para-hydroxylation sites is 2. The summed E-state index contributed by atoms with van der Waals surface area (Å²) in [6.07, 6.45) is 6.60. The zero-order valence-corrected chi connectivity index (χ0v) is 19.5. The van der Waals surface area contributed by atoms with Gasteiger partial charge in [0.05, 0.1) is 29.2 Å². The molecule has 0 radical (unpaired) electrons. The third-order valence-corrected chi connectivity index (χ3v) is 6.92. The second-order valence-corrected chi connectivity index (χ2v) is 9.34. The van der Waals surface area contributed by atoms with Gasteiger partial charge < -0.3 is 21.8 Å². The maximum Gasteiger partial charge on any atom is 0.249 e. The monoisotopic (exact) mass is 475 g/mol. The number of carbonyl (C=O) groups is 3. The Morgan fingerprint density at radius 1 is 1.20 bits per heavy atom. The van der Waals surface area contributed by atoms with Crippen LogP contribution in [0.5, 0.6) is 0 Å². The fourth-order valence-electron chi connectivity index (χ4n) is 4.56. The van der Waals surface area contributed by atoms with Crippen molar-refractivity contribution in [2.75, 3.05) is 5.32 Å². The smallest absolute Gasteiger partial charge is 0.249 e. The molecular weight excluding hydrogens is 446 g/mol. The van der Waals surface area contributed by atoms with E-state index in [0.717, 1.165) is 41.1 Å². The Balaban J connectivity index is 1.24. The maximum absolute atomic E-state index is 12.6. The molecule has 10 heteroatoms. The molecule has 0 spiro atoms. The fourth-order valence-corrected chi connectivity index (χ4v) is 4.56. The number of nitrogens with two attached hydrogens (primary N) is 1. The molecule has 2 unspecified atom stereocenters. The molecule has 2 fully saturated rings. The molecule has 1 saturated carbocycles. The van der Waals surface area contributed by atoms with Gasteiger partial charge >= 0.3 is 0 Å². The number of hydrazone groups is 1. The van der Waals surface area contributed by atoms with E-state index in [1.165, 1.54) is 0 Å². The average molecular weight is 476 g/mol. The first-order valence-corrected chi connectivity index (χ1v) is 11.9. The second-order valence-electron chi connectivity index (χ2n) is 9.34. The summed E-state index contributed by atoms with van der Waals surface area (Å²) in [5.74, 6) is -0.698. The molecule has 5 rings (SSSR count). The van der Waals surface area contributed by atoms with Gasteiger partial charge in [-0.15, -0.1) is 0 Å². The number of benzene rings is 1. The van der Waals surface area contributed by atoms with Crippen LogP contribution in [0, 0.1) is 5.92 Å². The Kier molecular flexibility index (Phi) is 6.10. The molecule has 2 aliphatic heterocycles. The van der Waals surface area contributed by atoms with E-state index in [4.69, 9.17) is 10.8 Å². The number of hydrogen-bond acceptors (Lipinski definition) is 8. The molecule has 1 aromatic carbocycles. The second kappa shape index (κ2) is 9.36. The first-order chi connectivity index (χ1) is 16.9. The Morgan fingerprint density at radius 3 is 2.71 bits per heavy atom. The minimum Gasteiger partial charge on any atom is -0.404 e. The van der Waals surface area contributed by atoms with Gasteiger partial charge in [-0.2, -0.15) is 5.10 Å². The zero-order chi connectivity index (χ0) is 24.5. The highest BCUT2D eigenvalue weighted by Gasteiger charge is 2.36.